The number of esters is 2. The third-order valence-electron chi connectivity index (χ3n) is 6.26. The van der Waals surface area contributed by atoms with Gasteiger partial charge < -0.3 is 24.3 Å². The summed E-state index contributed by atoms with van der Waals surface area (Å²) in [4.78, 5) is 39.5. The van der Waals surface area contributed by atoms with Gasteiger partial charge in [0.2, 0.25) is 0 Å². The number of benzene rings is 1. The molecule has 8 heteroatoms. The molecule has 0 aromatic heterocycles. The zero-order valence-electron chi connectivity index (χ0n) is 21.3. The Morgan fingerprint density at radius 1 is 1.14 bits per heavy atom. The summed E-state index contributed by atoms with van der Waals surface area (Å²) in [6.07, 6.45) is 0.503. The fraction of sp³-hybridized carbons (Fsp3) is 0.519. The van der Waals surface area contributed by atoms with E-state index in [9.17, 15) is 14.4 Å². The van der Waals surface area contributed by atoms with Gasteiger partial charge in [-0.15, -0.1) is 0 Å². The maximum absolute atomic E-state index is 13.7. The fourth-order valence-corrected chi connectivity index (χ4v) is 4.70. The van der Waals surface area contributed by atoms with Crippen molar-refractivity contribution in [3.63, 3.8) is 0 Å². The van der Waals surface area contributed by atoms with Crippen LogP contribution in [0.2, 0.25) is 0 Å². The molecule has 3 atom stereocenters. The molecule has 2 aliphatic rings. The molecule has 1 N–H and O–H groups in total. The second-order valence-corrected chi connectivity index (χ2v) is 9.09. The summed E-state index contributed by atoms with van der Waals surface area (Å²) in [5.41, 5.74) is 2.81. The molecule has 1 aromatic carbocycles. The molecule has 35 heavy (non-hydrogen) atoms. The van der Waals surface area contributed by atoms with E-state index in [4.69, 9.17) is 18.9 Å². The van der Waals surface area contributed by atoms with Gasteiger partial charge in [-0.1, -0.05) is 19.1 Å². The average Bonchev–Trinajstić information content (AvgIpc) is 2.81. The highest BCUT2D eigenvalue weighted by Crippen LogP contribution is 2.45. The molecular formula is C27H35NO7. The number of nitrogens with one attached hydrogen (secondary N) is 1. The van der Waals surface area contributed by atoms with Crippen molar-refractivity contribution in [2.24, 2.45) is 11.8 Å². The Kier molecular flexibility index (Phi) is 8.72. The van der Waals surface area contributed by atoms with E-state index in [2.05, 4.69) is 5.32 Å². The van der Waals surface area contributed by atoms with E-state index in [1.807, 2.05) is 52.0 Å². The molecule has 0 saturated heterocycles. The van der Waals surface area contributed by atoms with Gasteiger partial charge in [-0.05, 0) is 57.7 Å². The highest BCUT2D eigenvalue weighted by atomic mass is 16.6. The zero-order chi connectivity index (χ0) is 25.7. The Labute approximate surface area is 206 Å². The summed E-state index contributed by atoms with van der Waals surface area (Å²) in [6, 6.07) is 7.30. The molecule has 1 aromatic rings. The number of dihydropyridines is 1. The van der Waals surface area contributed by atoms with E-state index < -0.39 is 23.8 Å². The topological polar surface area (TPSA) is 100 Å². The van der Waals surface area contributed by atoms with E-state index in [0.29, 0.717) is 35.6 Å². The summed E-state index contributed by atoms with van der Waals surface area (Å²) in [7, 11) is 1.28. The van der Waals surface area contributed by atoms with Crippen LogP contribution in [0, 0.1) is 11.8 Å². The van der Waals surface area contributed by atoms with Gasteiger partial charge >= 0.3 is 11.9 Å². The van der Waals surface area contributed by atoms with E-state index in [-0.39, 0.29) is 31.0 Å². The molecule has 0 amide bonds. The summed E-state index contributed by atoms with van der Waals surface area (Å²) in [5, 5.41) is 3.26. The van der Waals surface area contributed by atoms with Crippen molar-refractivity contribution < 1.29 is 33.3 Å². The van der Waals surface area contributed by atoms with Gasteiger partial charge in [0.1, 0.15) is 18.3 Å². The first-order chi connectivity index (χ1) is 16.7. The van der Waals surface area contributed by atoms with Gasteiger partial charge in [0, 0.05) is 22.9 Å². The second kappa shape index (κ2) is 11.5. The number of carbonyl (C=O) groups is 3. The predicted molar refractivity (Wildman–Crippen MR) is 130 cm³/mol. The first-order valence-electron chi connectivity index (χ1n) is 12.0. The standard InChI is InChI=1S/C27H35NO7/c1-7-33-19-10-8-18(9-11-19)23-22(27(31)35-13-12-34-15(2)3)17(5)28-20-14-16(4)21(26(30)32-6)25(29)24(20)23/h8-11,15-16,21,23,28H,7,12-14H2,1-6H3/t16-,21+,23+/m1/s1. The van der Waals surface area contributed by atoms with Gasteiger partial charge in [-0.25, -0.2) is 4.79 Å². The van der Waals surface area contributed by atoms with E-state index >= 15 is 0 Å². The van der Waals surface area contributed by atoms with Crippen LogP contribution in [0.1, 0.15) is 52.5 Å². The van der Waals surface area contributed by atoms with Crippen molar-refractivity contribution in [1.29, 1.82) is 0 Å². The third kappa shape index (κ3) is 5.75. The first-order valence-corrected chi connectivity index (χ1v) is 12.0. The summed E-state index contributed by atoms with van der Waals surface area (Å²) >= 11 is 0. The number of ketones is 1. The lowest BCUT2D eigenvalue weighted by molar-refractivity contribution is -0.151. The summed E-state index contributed by atoms with van der Waals surface area (Å²) in [5.74, 6) is -2.61. The maximum Gasteiger partial charge on any atom is 0.336 e. The number of carbonyl (C=O) groups excluding carboxylic acids is 3. The molecule has 0 saturated carbocycles. The lowest BCUT2D eigenvalue weighted by Crippen LogP contribution is -2.43. The normalized spacial score (nSPS) is 22.0. The molecule has 0 radical (unpaired) electrons. The molecular weight excluding hydrogens is 450 g/mol. The molecule has 0 unspecified atom stereocenters. The molecule has 1 aliphatic carbocycles. The van der Waals surface area contributed by atoms with Crippen molar-refractivity contribution >= 4 is 17.7 Å². The minimum atomic E-state index is -0.930. The maximum atomic E-state index is 13.7. The molecule has 0 fully saturated rings. The van der Waals surface area contributed by atoms with Crippen LogP contribution in [-0.4, -0.2) is 50.8 Å². The van der Waals surface area contributed by atoms with E-state index in [0.717, 1.165) is 11.3 Å². The summed E-state index contributed by atoms with van der Waals surface area (Å²) < 4.78 is 21.5. The van der Waals surface area contributed by atoms with Crippen LogP contribution >= 0.6 is 0 Å². The third-order valence-corrected chi connectivity index (χ3v) is 6.26. The van der Waals surface area contributed by atoms with Crippen LogP contribution in [0.15, 0.2) is 46.8 Å². The monoisotopic (exact) mass is 485 g/mol. The number of Topliss-reactive ketones (excluding diaryl/α,β-unsaturated/α-hetero) is 1. The lowest BCUT2D eigenvalue weighted by Gasteiger charge is -2.38. The van der Waals surface area contributed by atoms with Crippen molar-refractivity contribution in [3.8, 4) is 5.75 Å². The summed E-state index contributed by atoms with van der Waals surface area (Å²) in [6.45, 7) is 10.2. The lowest BCUT2D eigenvalue weighted by atomic mass is 9.69. The number of hydrogen-bond acceptors (Lipinski definition) is 8. The van der Waals surface area contributed by atoms with Crippen molar-refractivity contribution in [2.45, 2.75) is 53.1 Å². The number of allylic oxidation sites excluding steroid dienone is 3. The van der Waals surface area contributed by atoms with Gasteiger partial charge in [-0.2, -0.15) is 0 Å². The number of ether oxygens (including phenoxy) is 4. The van der Waals surface area contributed by atoms with Crippen molar-refractivity contribution in [3.05, 3.63) is 52.4 Å². The van der Waals surface area contributed by atoms with Gasteiger partial charge in [0.25, 0.3) is 0 Å². The minimum absolute atomic E-state index is 0.0208. The van der Waals surface area contributed by atoms with Crippen molar-refractivity contribution in [1.82, 2.24) is 5.32 Å². The SMILES string of the molecule is CCOc1ccc([C@H]2C(C(=O)OCCOC(C)C)=C(C)NC3=C2C(=O)[C@@H](C(=O)OC)[C@H](C)C3)cc1. The second-order valence-electron chi connectivity index (χ2n) is 9.09. The largest absolute Gasteiger partial charge is 0.494 e. The number of methoxy groups -OCH3 is 1. The van der Waals surface area contributed by atoms with E-state index in [1.165, 1.54) is 7.11 Å². The molecule has 0 bridgehead atoms. The average molecular weight is 486 g/mol. The Bertz CT molecular complexity index is 1020. The van der Waals surface area contributed by atoms with Crippen molar-refractivity contribution in [2.75, 3.05) is 26.9 Å². The Morgan fingerprint density at radius 2 is 1.83 bits per heavy atom. The quantitative estimate of drug-likeness (QED) is 0.321. The minimum Gasteiger partial charge on any atom is -0.494 e. The molecule has 3 rings (SSSR count). The molecule has 0 spiro atoms. The molecule has 1 aliphatic heterocycles. The molecule has 190 valence electrons. The zero-order valence-corrected chi connectivity index (χ0v) is 21.3. The van der Waals surface area contributed by atoms with Crippen LogP contribution in [-0.2, 0) is 28.6 Å². The predicted octanol–water partition coefficient (Wildman–Crippen LogP) is 3.67. The first kappa shape index (κ1) is 26.5. The van der Waals surface area contributed by atoms with Crippen LogP contribution in [0.5, 0.6) is 5.75 Å². The molecule has 1 heterocycles. The van der Waals surface area contributed by atoms with Crippen LogP contribution in [0.4, 0.5) is 0 Å². The van der Waals surface area contributed by atoms with Gasteiger partial charge in [-0.3, -0.25) is 9.59 Å². The van der Waals surface area contributed by atoms with Crippen LogP contribution < -0.4 is 10.1 Å². The number of hydrogen-bond donors (Lipinski definition) is 1. The van der Waals surface area contributed by atoms with Gasteiger partial charge in [0.15, 0.2) is 5.78 Å². The smallest absolute Gasteiger partial charge is 0.336 e. The number of rotatable bonds is 9. The fourth-order valence-electron chi connectivity index (χ4n) is 4.70. The Balaban J connectivity index is 2.03. The van der Waals surface area contributed by atoms with Crippen LogP contribution in [0.25, 0.3) is 0 Å². The highest BCUT2D eigenvalue weighted by molar-refractivity contribution is 6.12. The van der Waals surface area contributed by atoms with Gasteiger partial charge in [0.05, 0.1) is 32.0 Å². The van der Waals surface area contributed by atoms with Crippen LogP contribution in [0.3, 0.4) is 0 Å². The van der Waals surface area contributed by atoms with E-state index in [1.54, 1.807) is 6.92 Å². The Morgan fingerprint density at radius 3 is 2.43 bits per heavy atom. The Hall–Kier alpha value is -3.13. The highest BCUT2D eigenvalue weighted by Gasteiger charge is 2.47. The molecule has 8 nitrogen and oxygen atoms in total.